The molecule has 4 aliphatic rings. The molecular formula is C50H73BN8O11. The largest absolute Gasteiger partial charge is 0.481 e. The van der Waals surface area contributed by atoms with Crippen molar-refractivity contribution in [2.45, 2.75) is 149 Å². The van der Waals surface area contributed by atoms with Crippen LogP contribution in [0.2, 0.25) is 0 Å². The topological polar surface area (TPSA) is 277 Å². The highest BCUT2D eigenvalue weighted by molar-refractivity contribution is 6.47. The van der Waals surface area contributed by atoms with Gasteiger partial charge in [0.2, 0.25) is 41.4 Å². The molecule has 1 aliphatic heterocycles. The van der Waals surface area contributed by atoms with Gasteiger partial charge in [-0.3, -0.25) is 38.4 Å². The molecule has 2 aromatic rings. The van der Waals surface area contributed by atoms with E-state index < -0.39 is 122 Å². The molecule has 2 bridgehead atoms. The Morgan fingerprint density at radius 1 is 0.771 bits per heavy atom. The molecule has 6 rings (SSSR count). The summed E-state index contributed by atoms with van der Waals surface area (Å²) < 4.78 is 12.7. The quantitative estimate of drug-likeness (QED) is 0.0740. The second-order valence-electron chi connectivity index (χ2n) is 20.3. The summed E-state index contributed by atoms with van der Waals surface area (Å²) in [6.45, 7) is 15.2. The fourth-order valence-electron chi connectivity index (χ4n) is 9.97. The molecule has 10 atom stereocenters. The summed E-state index contributed by atoms with van der Waals surface area (Å²) >= 11 is 0. The first-order valence-electron chi connectivity index (χ1n) is 24.4. The molecule has 1 saturated heterocycles. The van der Waals surface area contributed by atoms with Crippen LogP contribution in [0.5, 0.6) is 0 Å². The van der Waals surface area contributed by atoms with Crippen LogP contribution in [0.15, 0.2) is 48.5 Å². The molecule has 0 spiro atoms. The number of rotatable bonds is 23. The number of nitrogens with one attached hydrogen (secondary N) is 6. The van der Waals surface area contributed by atoms with Crippen LogP contribution in [0.4, 0.5) is 0 Å². The van der Waals surface area contributed by atoms with Gasteiger partial charge in [-0.05, 0) is 105 Å². The molecule has 1 unspecified atom stereocenters. The predicted octanol–water partition coefficient (Wildman–Crippen LogP) is 1.53. The molecular weight excluding hydrogens is 899 g/mol. The van der Waals surface area contributed by atoms with Crippen LogP contribution in [0.25, 0.3) is 11.1 Å². The number of aliphatic hydroxyl groups excluding tert-OH is 1. The van der Waals surface area contributed by atoms with Gasteiger partial charge < -0.3 is 56.9 Å². The van der Waals surface area contributed by atoms with E-state index in [9.17, 15) is 43.5 Å². The lowest BCUT2D eigenvalue weighted by Gasteiger charge is -2.64. The van der Waals surface area contributed by atoms with Crippen molar-refractivity contribution in [3.05, 3.63) is 59.7 Å². The third-order valence-corrected chi connectivity index (χ3v) is 14.5. The van der Waals surface area contributed by atoms with E-state index in [4.69, 9.17) is 15.0 Å². The Labute approximate surface area is 411 Å². The average Bonchev–Trinajstić information content (AvgIpc) is 3.68. The minimum absolute atomic E-state index is 0.118. The summed E-state index contributed by atoms with van der Waals surface area (Å²) in [6, 6.07) is 8.66. The van der Waals surface area contributed by atoms with Crippen molar-refractivity contribution < 1.29 is 52.8 Å². The maximum atomic E-state index is 13.6. The Balaban J connectivity index is 1.07. The normalized spacial score (nSPS) is 22.3. The van der Waals surface area contributed by atoms with Gasteiger partial charge in [-0.25, -0.2) is 0 Å². The summed E-state index contributed by atoms with van der Waals surface area (Å²) in [5, 5.41) is 25.2. The first-order chi connectivity index (χ1) is 32.9. The third-order valence-electron chi connectivity index (χ3n) is 14.5. The zero-order chi connectivity index (χ0) is 51.8. The molecule has 70 heavy (non-hydrogen) atoms. The number of primary amides is 1. The number of amides is 8. The van der Waals surface area contributed by atoms with E-state index in [1.54, 1.807) is 45.0 Å². The smallest absolute Gasteiger partial charge is 0.404 e. The van der Waals surface area contributed by atoms with Gasteiger partial charge in [-0.15, -0.1) is 0 Å². The van der Waals surface area contributed by atoms with Gasteiger partial charge in [0, 0.05) is 12.6 Å². The van der Waals surface area contributed by atoms with E-state index in [1.807, 2.05) is 12.1 Å². The van der Waals surface area contributed by atoms with Crippen LogP contribution in [-0.4, -0.2) is 132 Å². The Kier molecular flexibility index (Phi) is 18.4. The summed E-state index contributed by atoms with van der Waals surface area (Å²) in [4.78, 5) is 106. The van der Waals surface area contributed by atoms with Gasteiger partial charge in [-0.2, -0.15) is 0 Å². The van der Waals surface area contributed by atoms with Crippen LogP contribution < -0.4 is 37.6 Å². The first kappa shape index (κ1) is 55.1. The van der Waals surface area contributed by atoms with Gasteiger partial charge >= 0.3 is 7.12 Å². The van der Waals surface area contributed by atoms with Crippen molar-refractivity contribution in [1.82, 2.24) is 36.8 Å². The van der Waals surface area contributed by atoms with Crippen molar-refractivity contribution in [3.8, 4) is 11.1 Å². The molecule has 382 valence electrons. The molecule has 19 nitrogen and oxygen atoms in total. The van der Waals surface area contributed by atoms with Gasteiger partial charge in [0.05, 0.1) is 37.2 Å². The van der Waals surface area contributed by atoms with Crippen LogP contribution >= 0.6 is 0 Å². The van der Waals surface area contributed by atoms with Gasteiger partial charge in [0.1, 0.15) is 30.2 Å². The number of nitrogens with zero attached hydrogens (tertiary/aromatic N) is 1. The van der Waals surface area contributed by atoms with Crippen LogP contribution in [0.1, 0.15) is 110 Å². The molecule has 9 N–H and O–H groups in total. The number of hydrogen-bond donors (Lipinski definition) is 8. The summed E-state index contributed by atoms with van der Waals surface area (Å²) in [6.07, 6.45) is 4.48. The number of likely N-dealkylation sites (N-methyl/N-ethyl adjacent to an activating group) is 1. The van der Waals surface area contributed by atoms with Crippen molar-refractivity contribution in [2.75, 3.05) is 20.2 Å². The lowest BCUT2D eigenvalue weighted by atomic mass is 9.43. The monoisotopic (exact) mass is 973 g/mol. The fraction of sp³-hybridized carbons (Fsp3) is 0.600. The third kappa shape index (κ3) is 12.9. The molecule has 0 aromatic heterocycles. The molecule has 0 radical (unpaired) electrons. The highest BCUT2D eigenvalue weighted by Crippen LogP contribution is 2.65. The van der Waals surface area contributed by atoms with E-state index in [1.165, 1.54) is 26.5 Å². The minimum Gasteiger partial charge on any atom is -0.404 e. The molecule has 4 fully saturated rings. The fourth-order valence-corrected chi connectivity index (χ4v) is 9.97. The first-order valence-corrected chi connectivity index (χ1v) is 24.4. The zero-order valence-electron chi connectivity index (χ0n) is 42.2. The number of unbranched alkanes of at least 4 members (excludes halogenated alkanes) is 1. The Morgan fingerprint density at radius 2 is 1.36 bits per heavy atom. The van der Waals surface area contributed by atoms with Crippen molar-refractivity contribution in [2.24, 2.45) is 28.9 Å². The number of carbonyl (C=O) groups is 8. The van der Waals surface area contributed by atoms with Crippen molar-refractivity contribution in [3.63, 3.8) is 0 Å². The second-order valence-corrected chi connectivity index (χ2v) is 20.3. The number of benzene rings is 2. The Bertz CT molecular complexity index is 2240. The van der Waals surface area contributed by atoms with Gasteiger partial charge in [0.25, 0.3) is 5.91 Å². The van der Waals surface area contributed by atoms with E-state index in [2.05, 4.69) is 71.7 Å². The minimum atomic E-state index is -1.39. The van der Waals surface area contributed by atoms with E-state index in [0.29, 0.717) is 11.8 Å². The predicted molar refractivity (Wildman–Crippen MR) is 262 cm³/mol. The maximum absolute atomic E-state index is 13.6. The lowest BCUT2D eigenvalue weighted by molar-refractivity contribution is -0.199. The second kappa shape index (κ2) is 23.4. The standard InChI is InChI=1S/C50H73BN8O11/c1-11-12-13-31-14-16-32(17-15-31)33-18-20-34(21-19-33)45(65)58-37(26-60)47(67)54-28(4)43(63)53-25-41(62)59(10)42(27(2)3)48(68)55-29(5)44(64)57-36(24-40(52)61)46(66)56-30(6)51-69-39-23-35-22-38(49(35,7)8)50(39,9)70-51/h14-21,27-30,35-39,42,60H,11-13,22-26H2,1-10H3,(H2,52,61)(H,53,63)(H,54,67)(H,55,68)(H,56,66)(H,57,64)(H,58,65)/t28-,29+,30+,35+,36+,37-,38+,39?,42+,50+/m1/s1. The molecule has 3 saturated carbocycles. The lowest BCUT2D eigenvalue weighted by Crippen LogP contribution is -2.65. The van der Waals surface area contributed by atoms with Gasteiger partial charge in [-0.1, -0.05) is 77.4 Å². The summed E-state index contributed by atoms with van der Waals surface area (Å²) in [7, 11) is 0.598. The molecule has 2 aromatic carbocycles. The number of nitrogens with two attached hydrogens (primary N) is 1. The number of hydrogen-bond acceptors (Lipinski definition) is 11. The molecule has 1 heterocycles. The van der Waals surface area contributed by atoms with Crippen LogP contribution in [-0.2, 0) is 49.3 Å². The molecule has 20 heteroatoms. The molecule has 3 aliphatic carbocycles. The van der Waals surface area contributed by atoms with E-state index in [0.717, 1.165) is 48.1 Å². The number of aliphatic hydroxyl groups is 1. The molecule has 8 amide bonds. The van der Waals surface area contributed by atoms with Crippen molar-refractivity contribution in [1.29, 1.82) is 0 Å². The summed E-state index contributed by atoms with van der Waals surface area (Å²) in [5.74, 6) is -6.25. The Morgan fingerprint density at radius 3 is 1.93 bits per heavy atom. The Hall–Kier alpha value is -5.86. The van der Waals surface area contributed by atoms with E-state index >= 15 is 0 Å². The SMILES string of the molecule is CCCCc1ccc(-c2ccc(C(=O)N[C@H](CO)C(=O)N[C@H](C)C(=O)NCC(=O)N(C)[C@H](C(=O)N[C@@H](C)C(=O)N[C@@H](CC(N)=O)C(=O)N[C@@H](C)B3OC4C[C@@H]5C[C@@H](C5(C)C)[C@]4(C)O3)C(C)C)cc2)cc1. The highest BCUT2D eigenvalue weighted by Gasteiger charge is 2.68. The highest BCUT2D eigenvalue weighted by atomic mass is 16.7. The van der Waals surface area contributed by atoms with Gasteiger partial charge in [0.15, 0.2) is 0 Å². The number of aryl methyl sites for hydroxylation is 1. The van der Waals surface area contributed by atoms with E-state index in [-0.39, 0.29) is 17.1 Å². The van der Waals surface area contributed by atoms with Crippen LogP contribution in [0, 0.1) is 23.2 Å². The van der Waals surface area contributed by atoms with Crippen molar-refractivity contribution >= 4 is 54.4 Å². The number of carbonyl (C=O) groups excluding carboxylic acids is 8. The zero-order valence-corrected chi connectivity index (χ0v) is 42.2. The van der Waals surface area contributed by atoms with Crippen LogP contribution in [0.3, 0.4) is 0 Å². The maximum Gasteiger partial charge on any atom is 0.481 e. The summed E-state index contributed by atoms with van der Waals surface area (Å²) in [5.41, 5.74) is 8.45. The average molecular weight is 973 g/mol.